The first-order valence-electron chi connectivity index (χ1n) is 8.36. The van der Waals surface area contributed by atoms with Gasteiger partial charge in [0.1, 0.15) is 32.7 Å². The van der Waals surface area contributed by atoms with Crippen LogP contribution in [0.5, 0.6) is 0 Å². The molecule has 0 atom stereocenters. The SMILES string of the molecule is Cc1ccc(NC(=O)C[NH+]2CC[NH+](Cc3ccc(Br)s3)CC2)cc1. The van der Waals surface area contributed by atoms with Gasteiger partial charge in [-0.2, -0.15) is 0 Å². The van der Waals surface area contributed by atoms with E-state index in [9.17, 15) is 4.79 Å². The molecule has 3 rings (SSSR count). The third-order valence-corrected chi connectivity index (χ3v) is 6.09. The van der Waals surface area contributed by atoms with E-state index in [1.54, 1.807) is 4.90 Å². The molecule has 2 heterocycles. The fourth-order valence-corrected chi connectivity index (χ4v) is 4.63. The number of anilines is 1. The highest BCUT2D eigenvalue weighted by Gasteiger charge is 2.25. The maximum absolute atomic E-state index is 12.2. The van der Waals surface area contributed by atoms with Gasteiger partial charge in [-0.05, 0) is 47.1 Å². The number of hydrogen-bond donors (Lipinski definition) is 3. The lowest BCUT2D eigenvalue weighted by Gasteiger charge is -2.29. The van der Waals surface area contributed by atoms with Crippen LogP contribution in [0.1, 0.15) is 10.4 Å². The second-order valence-electron chi connectivity index (χ2n) is 6.47. The van der Waals surface area contributed by atoms with E-state index in [4.69, 9.17) is 0 Å². The fraction of sp³-hybridized carbons (Fsp3) is 0.389. The number of rotatable bonds is 5. The lowest BCUT2D eigenvalue weighted by atomic mass is 10.2. The first-order chi connectivity index (χ1) is 11.6. The zero-order valence-corrected chi connectivity index (χ0v) is 16.3. The predicted molar refractivity (Wildman–Crippen MR) is 102 cm³/mol. The third kappa shape index (κ3) is 5.14. The molecule has 6 heteroatoms. The van der Waals surface area contributed by atoms with Gasteiger partial charge in [-0.15, -0.1) is 11.3 Å². The quantitative estimate of drug-likeness (QED) is 0.669. The van der Waals surface area contributed by atoms with Crippen molar-refractivity contribution in [3.05, 3.63) is 50.6 Å². The summed E-state index contributed by atoms with van der Waals surface area (Å²) in [5, 5.41) is 3.00. The number of carbonyl (C=O) groups is 1. The van der Waals surface area contributed by atoms with Gasteiger partial charge in [-0.25, -0.2) is 0 Å². The second-order valence-corrected chi connectivity index (χ2v) is 9.02. The minimum absolute atomic E-state index is 0.111. The number of piperazine rings is 1. The van der Waals surface area contributed by atoms with Crippen LogP contribution in [0.3, 0.4) is 0 Å². The molecule has 0 bridgehead atoms. The van der Waals surface area contributed by atoms with Gasteiger partial charge in [0, 0.05) is 5.69 Å². The number of carbonyl (C=O) groups excluding carboxylic acids is 1. The van der Waals surface area contributed by atoms with Crippen molar-refractivity contribution in [2.24, 2.45) is 0 Å². The van der Waals surface area contributed by atoms with E-state index in [1.165, 1.54) is 19.1 Å². The Kier molecular flexibility index (Phi) is 6.05. The molecule has 2 aromatic rings. The molecule has 0 spiro atoms. The van der Waals surface area contributed by atoms with Crippen molar-refractivity contribution in [3.63, 3.8) is 0 Å². The van der Waals surface area contributed by atoms with Crippen LogP contribution < -0.4 is 15.1 Å². The van der Waals surface area contributed by atoms with E-state index < -0.39 is 0 Å². The van der Waals surface area contributed by atoms with E-state index in [-0.39, 0.29) is 5.91 Å². The summed E-state index contributed by atoms with van der Waals surface area (Å²) in [7, 11) is 0. The summed E-state index contributed by atoms with van der Waals surface area (Å²) in [4.78, 5) is 16.6. The summed E-state index contributed by atoms with van der Waals surface area (Å²) < 4.78 is 1.20. The Hall–Kier alpha value is -1.21. The van der Waals surface area contributed by atoms with Gasteiger partial charge in [-0.1, -0.05) is 17.7 Å². The first-order valence-corrected chi connectivity index (χ1v) is 9.97. The van der Waals surface area contributed by atoms with E-state index in [0.29, 0.717) is 6.54 Å². The van der Waals surface area contributed by atoms with Crippen LogP contribution in [-0.2, 0) is 11.3 Å². The average Bonchev–Trinajstić information content (AvgIpc) is 2.96. The van der Waals surface area contributed by atoms with Crippen LogP contribution >= 0.6 is 27.3 Å². The van der Waals surface area contributed by atoms with E-state index in [2.05, 4.69) is 33.4 Å². The number of aryl methyl sites for hydroxylation is 1. The minimum Gasteiger partial charge on any atom is -0.321 e. The number of nitrogens with one attached hydrogen (secondary N) is 3. The molecule has 0 aliphatic carbocycles. The van der Waals surface area contributed by atoms with Gasteiger partial charge < -0.3 is 15.1 Å². The summed E-state index contributed by atoms with van der Waals surface area (Å²) in [6, 6.07) is 12.3. The predicted octanol–water partition coefficient (Wildman–Crippen LogP) is 0.741. The molecule has 24 heavy (non-hydrogen) atoms. The van der Waals surface area contributed by atoms with Gasteiger partial charge in [0.15, 0.2) is 6.54 Å². The standard InChI is InChI=1S/C18H22BrN3OS/c1-14-2-4-15(5-3-14)20-18(23)13-22-10-8-21(9-11-22)12-16-6-7-17(19)24-16/h2-7H,8-13H2,1H3,(H,20,23)/p+2. The van der Waals surface area contributed by atoms with Gasteiger partial charge in [0.2, 0.25) is 0 Å². The van der Waals surface area contributed by atoms with Crippen LogP contribution in [0.2, 0.25) is 0 Å². The lowest BCUT2D eigenvalue weighted by molar-refractivity contribution is -1.01. The Labute approximate surface area is 155 Å². The van der Waals surface area contributed by atoms with Crippen LogP contribution in [-0.4, -0.2) is 38.6 Å². The van der Waals surface area contributed by atoms with Crippen molar-refractivity contribution < 1.29 is 14.6 Å². The van der Waals surface area contributed by atoms with E-state index in [1.807, 2.05) is 42.5 Å². The van der Waals surface area contributed by atoms with Crippen LogP contribution in [0, 0.1) is 6.92 Å². The zero-order valence-electron chi connectivity index (χ0n) is 13.9. The monoisotopic (exact) mass is 409 g/mol. The molecule has 1 aromatic carbocycles. The molecule has 128 valence electrons. The van der Waals surface area contributed by atoms with E-state index in [0.717, 1.165) is 38.4 Å². The molecular formula is C18H24BrN3OS+2. The normalized spacial score (nSPS) is 20.8. The van der Waals surface area contributed by atoms with E-state index >= 15 is 0 Å². The average molecular weight is 410 g/mol. The van der Waals surface area contributed by atoms with Crippen LogP contribution in [0.25, 0.3) is 0 Å². The fourth-order valence-electron chi connectivity index (χ4n) is 3.07. The summed E-state index contributed by atoms with van der Waals surface area (Å²) in [6.07, 6.45) is 0. The lowest BCUT2D eigenvalue weighted by Crippen LogP contribution is -3.28. The molecule has 0 radical (unpaired) electrons. The molecule has 4 nitrogen and oxygen atoms in total. The summed E-state index contributed by atoms with van der Waals surface area (Å²) in [6.45, 7) is 8.08. The first kappa shape index (κ1) is 17.6. The number of halogens is 1. The van der Waals surface area contributed by atoms with Crippen molar-refractivity contribution in [3.8, 4) is 0 Å². The maximum atomic E-state index is 12.2. The number of thiophene rings is 1. The topological polar surface area (TPSA) is 38.0 Å². The van der Waals surface area contributed by atoms with Crippen molar-refractivity contribution in [1.82, 2.24) is 0 Å². The van der Waals surface area contributed by atoms with Crippen molar-refractivity contribution >= 4 is 38.9 Å². The largest absolute Gasteiger partial charge is 0.321 e. The highest BCUT2D eigenvalue weighted by molar-refractivity contribution is 9.11. The third-order valence-electron chi connectivity index (χ3n) is 4.46. The van der Waals surface area contributed by atoms with Gasteiger partial charge in [0.05, 0.1) is 8.66 Å². The Morgan fingerprint density at radius 2 is 1.75 bits per heavy atom. The molecule has 1 amide bonds. The molecule has 1 saturated heterocycles. The molecule has 0 unspecified atom stereocenters. The highest BCUT2D eigenvalue weighted by Crippen LogP contribution is 2.21. The number of quaternary nitrogens is 2. The molecule has 0 saturated carbocycles. The van der Waals surface area contributed by atoms with Crippen molar-refractivity contribution in [1.29, 1.82) is 0 Å². The Balaban J connectivity index is 1.41. The maximum Gasteiger partial charge on any atom is 0.279 e. The highest BCUT2D eigenvalue weighted by atomic mass is 79.9. The van der Waals surface area contributed by atoms with Gasteiger partial charge in [0.25, 0.3) is 5.91 Å². The smallest absolute Gasteiger partial charge is 0.279 e. The van der Waals surface area contributed by atoms with Crippen LogP contribution in [0.15, 0.2) is 40.2 Å². The summed E-state index contributed by atoms with van der Waals surface area (Å²) >= 11 is 5.35. The number of benzene rings is 1. The van der Waals surface area contributed by atoms with Gasteiger partial charge in [-0.3, -0.25) is 4.79 Å². The molecular weight excluding hydrogens is 386 g/mol. The molecule has 1 aliphatic heterocycles. The number of hydrogen-bond acceptors (Lipinski definition) is 2. The zero-order chi connectivity index (χ0) is 16.9. The van der Waals surface area contributed by atoms with Crippen molar-refractivity contribution in [2.45, 2.75) is 13.5 Å². The molecule has 1 fully saturated rings. The second kappa shape index (κ2) is 8.25. The molecule has 1 aromatic heterocycles. The Morgan fingerprint density at radius 3 is 2.38 bits per heavy atom. The Morgan fingerprint density at radius 1 is 1.08 bits per heavy atom. The Bertz CT molecular complexity index is 678. The summed E-state index contributed by atoms with van der Waals surface area (Å²) in [5.74, 6) is 0.111. The molecule has 1 aliphatic rings. The van der Waals surface area contributed by atoms with Crippen LogP contribution in [0.4, 0.5) is 5.69 Å². The van der Waals surface area contributed by atoms with Crippen molar-refractivity contribution in [2.75, 3.05) is 38.0 Å². The number of amides is 1. The minimum atomic E-state index is 0.111. The summed E-state index contributed by atoms with van der Waals surface area (Å²) in [5.41, 5.74) is 2.09. The molecule has 3 N–H and O–H groups in total. The van der Waals surface area contributed by atoms with Gasteiger partial charge >= 0.3 is 0 Å².